The molecule has 0 saturated heterocycles. The Hall–Kier alpha value is -2.93. The quantitative estimate of drug-likeness (QED) is 0.584. The van der Waals surface area contributed by atoms with E-state index in [0.717, 1.165) is 5.56 Å². The van der Waals surface area contributed by atoms with Crippen LogP contribution in [0.3, 0.4) is 0 Å². The highest BCUT2D eigenvalue weighted by molar-refractivity contribution is 6.07. The van der Waals surface area contributed by atoms with Gasteiger partial charge in [0.05, 0.1) is 17.7 Å². The Kier molecular flexibility index (Phi) is 5.88. The summed E-state index contributed by atoms with van der Waals surface area (Å²) in [6.45, 7) is 4.34. The summed E-state index contributed by atoms with van der Waals surface area (Å²) < 4.78 is 37.2. The molecule has 1 unspecified atom stereocenters. The molecule has 2 N–H and O–H groups in total. The molecular formula is C22H23F2NO4. The number of rotatable bonds is 7. The lowest BCUT2D eigenvalue weighted by atomic mass is 9.98. The van der Waals surface area contributed by atoms with Crippen LogP contribution in [0.15, 0.2) is 46.9 Å². The van der Waals surface area contributed by atoms with Gasteiger partial charge < -0.3 is 19.6 Å². The van der Waals surface area contributed by atoms with Gasteiger partial charge in [-0.2, -0.15) is 0 Å². The van der Waals surface area contributed by atoms with Gasteiger partial charge in [-0.15, -0.1) is 0 Å². The molecule has 0 spiro atoms. The second-order valence-corrected chi connectivity index (χ2v) is 7.38. The number of aliphatic hydroxyl groups is 1. The lowest BCUT2D eigenvalue weighted by Crippen LogP contribution is -2.50. The van der Waals surface area contributed by atoms with E-state index in [1.807, 2.05) is 31.2 Å². The molecular weight excluding hydrogens is 380 g/mol. The first-order valence-corrected chi connectivity index (χ1v) is 9.20. The summed E-state index contributed by atoms with van der Waals surface area (Å²) >= 11 is 0. The van der Waals surface area contributed by atoms with E-state index >= 15 is 0 Å². The second-order valence-electron chi connectivity index (χ2n) is 7.38. The maximum atomic E-state index is 12.8. The largest absolute Gasteiger partial charge is 0.461 e. The highest BCUT2D eigenvalue weighted by Gasteiger charge is 2.31. The van der Waals surface area contributed by atoms with Crippen molar-refractivity contribution in [3.63, 3.8) is 0 Å². The first kappa shape index (κ1) is 20.8. The molecule has 0 aliphatic heterocycles. The Morgan fingerprint density at radius 1 is 1.21 bits per heavy atom. The fourth-order valence-electron chi connectivity index (χ4n) is 3.19. The van der Waals surface area contributed by atoms with Crippen LogP contribution in [0.4, 0.5) is 8.78 Å². The standard InChI is InChI=1S/C22H23F2NO4/c1-13-5-4-6-15(9-13)29-16-7-8-18-17(10-16)20(14(2)28-18)21(27)25-22(3,12-26)11-19(23)24/h4-10,19,26H,11-12H2,1-3H3,(H,25,27). The molecule has 29 heavy (non-hydrogen) atoms. The van der Waals surface area contributed by atoms with Crippen LogP contribution < -0.4 is 10.1 Å². The van der Waals surface area contributed by atoms with Gasteiger partial charge >= 0.3 is 0 Å². The highest BCUT2D eigenvalue weighted by atomic mass is 19.3. The minimum atomic E-state index is -2.66. The Morgan fingerprint density at radius 2 is 1.93 bits per heavy atom. The van der Waals surface area contributed by atoms with Crippen LogP contribution >= 0.6 is 0 Å². The fraction of sp³-hybridized carbons (Fsp3) is 0.318. The molecule has 2 aromatic carbocycles. The summed E-state index contributed by atoms with van der Waals surface area (Å²) in [6.07, 6.45) is -3.32. The zero-order chi connectivity index (χ0) is 21.2. The summed E-state index contributed by atoms with van der Waals surface area (Å²) in [5, 5.41) is 12.5. The SMILES string of the molecule is Cc1cccc(Oc2ccc3oc(C)c(C(=O)NC(C)(CO)CC(F)F)c3c2)c1. The van der Waals surface area contributed by atoms with Gasteiger partial charge in [0.15, 0.2) is 0 Å². The molecule has 0 saturated carbocycles. The summed E-state index contributed by atoms with van der Waals surface area (Å²) in [5.41, 5.74) is 0.300. The van der Waals surface area contributed by atoms with Gasteiger partial charge in [0.25, 0.3) is 5.91 Å². The summed E-state index contributed by atoms with van der Waals surface area (Å²) in [5.74, 6) is 0.921. The van der Waals surface area contributed by atoms with Crippen LogP contribution in [0.1, 0.15) is 35.0 Å². The number of halogens is 2. The van der Waals surface area contributed by atoms with Crippen molar-refractivity contribution in [2.24, 2.45) is 0 Å². The number of furan rings is 1. The van der Waals surface area contributed by atoms with Crippen molar-refractivity contribution < 1.29 is 27.8 Å². The number of benzene rings is 2. The van der Waals surface area contributed by atoms with Crippen molar-refractivity contribution in [2.45, 2.75) is 39.2 Å². The molecule has 1 heterocycles. The van der Waals surface area contributed by atoms with E-state index in [9.17, 15) is 18.7 Å². The molecule has 0 radical (unpaired) electrons. The molecule has 0 fully saturated rings. The summed E-state index contributed by atoms with van der Waals surface area (Å²) in [7, 11) is 0. The van der Waals surface area contributed by atoms with E-state index in [-0.39, 0.29) is 5.56 Å². The zero-order valence-electron chi connectivity index (χ0n) is 16.5. The minimum absolute atomic E-state index is 0.226. The smallest absolute Gasteiger partial charge is 0.255 e. The molecule has 1 amide bonds. The van der Waals surface area contributed by atoms with Crippen LogP contribution in [0.25, 0.3) is 11.0 Å². The molecule has 0 bridgehead atoms. The molecule has 0 aliphatic rings. The van der Waals surface area contributed by atoms with Crippen molar-refractivity contribution in [1.29, 1.82) is 0 Å². The fourth-order valence-corrected chi connectivity index (χ4v) is 3.19. The number of amides is 1. The summed E-state index contributed by atoms with van der Waals surface area (Å²) in [6, 6.07) is 12.6. The molecule has 0 aliphatic carbocycles. The van der Waals surface area contributed by atoms with Gasteiger partial charge in [-0.05, 0) is 56.7 Å². The third kappa shape index (κ3) is 4.74. The number of aryl methyl sites for hydroxylation is 2. The highest BCUT2D eigenvalue weighted by Crippen LogP contribution is 2.32. The predicted molar refractivity (Wildman–Crippen MR) is 106 cm³/mol. The lowest BCUT2D eigenvalue weighted by molar-refractivity contribution is 0.0586. The first-order chi connectivity index (χ1) is 13.7. The van der Waals surface area contributed by atoms with E-state index < -0.39 is 30.9 Å². The molecule has 3 aromatic rings. The number of nitrogens with one attached hydrogen (secondary N) is 1. The lowest BCUT2D eigenvalue weighted by Gasteiger charge is -2.28. The van der Waals surface area contributed by atoms with Crippen molar-refractivity contribution >= 4 is 16.9 Å². The summed E-state index contributed by atoms with van der Waals surface area (Å²) in [4.78, 5) is 12.8. The number of ether oxygens (including phenoxy) is 1. The number of aliphatic hydroxyl groups excluding tert-OH is 1. The van der Waals surface area contributed by atoms with Gasteiger partial charge in [0, 0.05) is 11.8 Å². The van der Waals surface area contributed by atoms with E-state index in [0.29, 0.717) is 28.2 Å². The number of alkyl halides is 2. The average Bonchev–Trinajstić information content (AvgIpc) is 2.96. The van der Waals surface area contributed by atoms with Crippen LogP contribution in [-0.4, -0.2) is 29.6 Å². The van der Waals surface area contributed by atoms with E-state index in [4.69, 9.17) is 9.15 Å². The normalized spacial score (nSPS) is 13.5. The number of hydrogen-bond donors (Lipinski definition) is 2. The van der Waals surface area contributed by atoms with Crippen LogP contribution in [0, 0.1) is 13.8 Å². The number of carbonyl (C=O) groups excluding carboxylic acids is 1. The third-order valence-corrected chi connectivity index (χ3v) is 4.66. The second kappa shape index (κ2) is 8.21. The van der Waals surface area contributed by atoms with E-state index in [1.54, 1.807) is 25.1 Å². The van der Waals surface area contributed by atoms with Crippen molar-refractivity contribution in [2.75, 3.05) is 6.61 Å². The average molecular weight is 403 g/mol. The van der Waals surface area contributed by atoms with Crippen molar-refractivity contribution in [3.05, 3.63) is 59.4 Å². The van der Waals surface area contributed by atoms with Crippen molar-refractivity contribution in [1.82, 2.24) is 5.32 Å². The maximum absolute atomic E-state index is 12.8. The number of hydrogen-bond acceptors (Lipinski definition) is 4. The molecule has 1 aromatic heterocycles. The van der Waals surface area contributed by atoms with Gasteiger partial charge in [-0.3, -0.25) is 4.79 Å². The van der Waals surface area contributed by atoms with Crippen LogP contribution in [-0.2, 0) is 0 Å². The van der Waals surface area contributed by atoms with Gasteiger partial charge in [0.1, 0.15) is 22.8 Å². The topological polar surface area (TPSA) is 71.7 Å². The van der Waals surface area contributed by atoms with Gasteiger partial charge in [-0.25, -0.2) is 8.78 Å². The monoisotopic (exact) mass is 403 g/mol. The number of carbonyl (C=O) groups is 1. The minimum Gasteiger partial charge on any atom is -0.461 e. The van der Waals surface area contributed by atoms with Gasteiger partial charge in [-0.1, -0.05) is 12.1 Å². The third-order valence-electron chi connectivity index (χ3n) is 4.66. The maximum Gasteiger partial charge on any atom is 0.255 e. The number of fused-ring (bicyclic) bond motifs is 1. The van der Waals surface area contributed by atoms with E-state index in [1.165, 1.54) is 6.92 Å². The van der Waals surface area contributed by atoms with Gasteiger partial charge in [0.2, 0.25) is 6.43 Å². The zero-order valence-corrected chi connectivity index (χ0v) is 16.5. The Morgan fingerprint density at radius 3 is 2.59 bits per heavy atom. The molecule has 3 rings (SSSR count). The van der Waals surface area contributed by atoms with Crippen LogP contribution in [0.2, 0.25) is 0 Å². The first-order valence-electron chi connectivity index (χ1n) is 9.20. The van der Waals surface area contributed by atoms with Crippen molar-refractivity contribution in [3.8, 4) is 11.5 Å². The van der Waals surface area contributed by atoms with E-state index in [2.05, 4.69) is 5.32 Å². The molecule has 154 valence electrons. The predicted octanol–water partition coefficient (Wildman–Crippen LogP) is 4.98. The Labute approximate surface area is 167 Å². The van der Waals surface area contributed by atoms with Crippen LogP contribution in [0.5, 0.6) is 11.5 Å². The Balaban J connectivity index is 1.93. The molecule has 5 nitrogen and oxygen atoms in total. The Bertz CT molecular complexity index is 1030. The molecule has 7 heteroatoms. The molecule has 1 atom stereocenters.